The number of hydrogen-bond donors (Lipinski definition) is 2. The average Bonchev–Trinajstić information content (AvgIpc) is 2.40. The molecule has 0 fully saturated rings. The first-order valence-corrected chi connectivity index (χ1v) is 6.37. The Morgan fingerprint density at radius 2 is 2.10 bits per heavy atom. The fourth-order valence-electron chi connectivity index (χ4n) is 1.44. The van der Waals surface area contributed by atoms with Crippen molar-refractivity contribution >= 4 is 34.8 Å². The third-order valence-electron chi connectivity index (χ3n) is 2.34. The van der Waals surface area contributed by atoms with Gasteiger partial charge >= 0.3 is 0 Å². The Kier molecular flexibility index (Phi) is 4.65. The molecule has 0 aliphatic carbocycles. The van der Waals surface area contributed by atoms with Crippen LogP contribution in [0.1, 0.15) is 0 Å². The zero-order valence-corrected chi connectivity index (χ0v) is 11.7. The molecule has 0 bridgehead atoms. The molecule has 0 spiro atoms. The molecule has 7 heteroatoms. The van der Waals surface area contributed by atoms with Crippen molar-refractivity contribution in [2.24, 2.45) is 0 Å². The summed E-state index contributed by atoms with van der Waals surface area (Å²) >= 11 is 11.6. The summed E-state index contributed by atoms with van der Waals surface area (Å²) in [4.78, 5) is 25.5. The lowest BCUT2D eigenvalue weighted by Crippen LogP contribution is -2.24. The first kappa shape index (κ1) is 14.4. The molecule has 1 aromatic heterocycles. The van der Waals surface area contributed by atoms with E-state index in [1.165, 1.54) is 18.3 Å². The lowest BCUT2D eigenvalue weighted by Gasteiger charge is -2.08. The van der Waals surface area contributed by atoms with Crippen LogP contribution in [0.5, 0.6) is 5.75 Å². The van der Waals surface area contributed by atoms with Gasteiger partial charge < -0.3 is 15.0 Å². The molecule has 1 aromatic carbocycles. The van der Waals surface area contributed by atoms with Crippen LogP contribution in [0.25, 0.3) is 0 Å². The zero-order valence-electron chi connectivity index (χ0n) is 10.2. The smallest absolute Gasteiger partial charge is 0.271 e. The highest BCUT2D eigenvalue weighted by Gasteiger charge is 2.08. The number of halogens is 2. The topological polar surface area (TPSA) is 71.2 Å². The maximum Gasteiger partial charge on any atom is 0.271 e. The molecule has 2 rings (SSSR count). The maximum absolute atomic E-state index is 11.7. The van der Waals surface area contributed by atoms with Gasteiger partial charge in [0.25, 0.3) is 11.5 Å². The van der Waals surface area contributed by atoms with Crippen LogP contribution in [-0.2, 0) is 4.79 Å². The van der Waals surface area contributed by atoms with Gasteiger partial charge in [0, 0.05) is 11.2 Å². The minimum Gasteiger partial charge on any atom is -0.482 e. The van der Waals surface area contributed by atoms with Crippen LogP contribution in [0.3, 0.4) is 0 Å². The second-order valence-corrected chi connectivity index (χ2v) is 4.67. The van der Waals surface area contributed by atoms with E-state index < -0.39 is 5.91 Å². The van der Waals surface area contributed by atoms with E-state index in [4.69, 9.17) is 27.9 Å². The summed E-state index contributed by atoms with van der Waals surface area (Å²) in [6.07, 6.45) is 1.47. The molecule has 0 saturated heterocycles. The van der Waals surface area contributed by atoms with Crippen LogP contribution in [0.15, 0.2) is 41.3 Å². The van der Waals surface area contributed by atoms with Gasteiger partial charge in [-0.1, -0.05) is 23.2 Å². The van der Waals surface area contributed by atoms with Gasteiger partial charge in [-0.2, -0.15) is 0 Å². The van der Waals surface area contributed by atoms with Crippen molar-refractivity contribution in [3.05, 3.63) is 56.9 Å². The maximum atomic E-state index is 11.7. The van der Waals surface area contributed by atoms with Crippen LogP contribution < -0.4 is 15.6 Å². The second kappa shape index (κ2) is 6.45. The Morgan fingerprint density at radius 3 is 2.80 bits per heavy atom. The minimum atomic E-state index is -0.465. The van der Waals surface area contributed by atoms with Crippen LogP contribution in [-0.4, -0.2) is 17.5 Å². The van der Waals surface area contributed by atoms with E-state index >= 15 is 0 Å². The van der Waals surface area contributed by atoms with Gasteiger partial charge in [-0.05, 0) is 30.3 Å². The predicted molar refractivity (Wildman–Crippen MR) is 77.6 cm³/mol. The van der Waals surface area contributed by atoms with E-state index in [-0.39, 0.29) is 17.9 Å². The van der Waals surface area contributed by atoms with E-state index in [1.807, 2.05) is 0 Å². The molecule has 20 heavy (non-hydrogen) atoms. The van der Waals surface area contributed by atoms with Crippen LogP contribution in [0, 0.1) is 0 Å². The Morgan fingerprint density at radius 1 is 1.30 bits per heavy atom. The number of rotatable bonds is 4. The number of benzene rings is 1. The van der Waals surface area contributed by atoms with Crippen LogP contribution in [0.4, 0.5) is 5.69 Å². The molecule has 2 N–H and O–H groups in total. The molecule has 0 unspecified atom stereocenters. The minimum absolute atomic E-state index is 0.156. The van der Waals surface area contributed by atoms with E-state index in [0.717, 1.165) is 0 Å². The monoisotopic (exact) mass is 312 g/mol. The summed E-state index contributed by atoms with van der Waals surface area (Å²) < 4.78 is 5.25. The highest BCUT2D eigenvalue weighted by Crippen LogP contribution is 2.27. The van der Waals surface area contributed by atoms with Crippen molar-refractivity contribution in [2.75, 3.05) is 11.9 Å². The van der Waals surface area contributed by atoms with Crippen molar-refractivity contribution in [3.63, 3.8) is 0 Å². The number of amides is 1. The van der Waals surface area contributed by atoms with E-state index in [1.54, 1.807) is 18.2 Å². The number of hydrogen-bond acceptors (Lipinski definition) is 3. The Labute approximate surface area is 124 Å². The molecule has 5 nitrogen and oxygen atoms in total. The number of pyridine rings is 1. The number of nitrogens with one attached hydrogen (secondary N) is 2. The number of ether oxygens (including phenoxy) is 1. The highest BCUT2D eigenvalue weighted by molar-refractivity contribution is 6.35. The van der Waals surface area contributed by atoms with Crippen molar-refractivity contribution in [1.82, 2.24) is 4.98 Å². The summed E-state index contributed by atoms with van der Waals surface area (Å²) in [6, 6.07) is 7.77. The first-order valence-electron chi connectivity index (χ1n) is 5.61. The van der Waals surface area contributed by atoms with Gasteiger partial charge in [-0.3, -0.25) is 9.59 Å². The summed E-state index contributed by atoms with van der Waals surface area (Å²) in [5.41, 5.74) is -0.228. The van der Waals surface area contributed by atoms with Crippen molar-refractivity contribution in [3.8, 4) is 5.75 Å². The van der Waals surface area contributed by atoms with Crippen molar-refractivity contribution < 1.29 is 9.53 Å². The molecular weight excluding hydrogens is 303 g/mol. The molecule has 0 atom stereocenters. The Bertz CT molecular complexity index is 685. The van der Waals surface area contributed by atoms with Gasteiger partial charge in [0.1, 0.15) is 11.4 Å². The number of anilines is 1. The lowest BCUT2D eigenvalue weighted by atomic mass is 10.3. The van der Waals surface area contributed by atoms with Crippen molar-refractivity contribution in [1.29, 1.82) is 0 Å². The molecule has 0 aliphatic rings. The average molecular weight is 313 g/mol. The summed E-state index contributed by atoms with van der Waals surface area (Å²) in [7, 11) is 0. The molecule has 0 radical (unpaired) electrons. The molecule has 0 aliphatic heterocycles. The molecule has 0 saturated carbocycles. The summed E-state index contributed by atoms with van der Waals surface area (Å²) in [6.45, 7) is -0.268. The van der Waals surface area contributed by atoms with E-state index in [2.05, 4.69) is 10.3 Å². The molecule has 104 valence electrons. The highest BCUT2D eigenvalue weighted by atomic mass is 35.5. The largest absolute Gasteiger partial charge is 0.482 e. The first-order chi connectivity index (χ1) is 9.56. The fourth-order valence-corrected chi connectivity index (χ4v) is 1.90. The predicted octanol–water partition coefficient (Wildman–Crippen LogP) is 2.70. The van der Waals surface area contributed by atoms with Crippen LogP contribution in [0.2, 0.25) is 10.0 Å². The van der Waals surface area contributed by atoms with Gasteiger partial charge in [0.2, 0.25) is 0 Å². The van der Waals surface area contributed by atoms with Gasteiger partial charge in [0.15, 0.2) is 6.61 Å². The second-order valence-electron chi connectivity index (χ2n) is 3.82. The number of aromatic amines is 1. The van der Waals surface area contributed by atoms with Gasteiger partial charge in [-0.15, -0.1) is 0 Å². The Balaban J connectivity index is 1.96. The lowest BCUT2D eigenvalue weighted by molar-refractivity contribution is -0.118. The molecule has 2 aromatic rings. The van der Waals surface area contributed by atoms with Crippen LogP contribution >= 0.6 is 23.2 Å². The normalized spacial score (nSPS) is 10.1. The third kappa shape index (κ3) is 3.76. The standard InChI is InChI=1S/C13H10Cl2N2O3/c14-8-3-4-11(9(15)6-8)20-7-12(18)17-10-2-1-5-16-13(10)19/h1-6H,7H2,(H,16,19)(H,17,18). The quantitative estimate of drug-likeness (QED) is 0.911. The van der Waals surface area contributed by atoms with Gasteiger partial charge in [0.05, 0.1) is 5.02 Å². The number of carbonyl (C=O) groups is 1. The SMILES string of the molecule is O=C(COc1ccc(Cl)cc1Cl)Nc1ccc[nH]c1=O. The number of H-pyrrole nitrogens is 1. The molecule has 1 heterocycles. The van der Waals surface area contributed by atoms with E-state index in [0.29, 0.717) is 15.8 Å². The summed E-state index contributed by atoms with van der Waals surface area (Å²) in [5, 5.41) is 3.22. The molecule has 1 amide bonds. The van der Waals surface area contributed by atoms with Gasteiger partial charge in [-0.25, -0.2) is 0 Å². The number of aromatic nitrogens is 1. The zero-order chi connectivity index (χ0) is 14.5. The Hall–Kier alpha value is -1.98. The summed E-state index contributed by atoms with van der Waals surface area (Å²) in [5.74, 6) is -0.124. The number of carbonyl (C=O) groups excluding carboxylic acids is 1. The van der Waals surface area contributed by atoms with E-state index in [9.17, 15) is 9.59 Å². The third-order valence-corrected chi connectivity index (χ3v) is 2.88. The molecular formula is C13H10Cl2N2O3. The van der Waals surface area contributed by atoms with Crippen molar-refractivity contribution in [2.45, 2.75) is 0 Å². The fraction of sp³-hybridized carbons (Fsp3) is 0.0769.